The van der Waals surface area contributed by atoms with Crippen molar-refractivity contribution < 1.29 is 9.59 Å². The van der Waals surface area contributed by atoms with Gasteiger partial charge in [0.15, 0.2) is 0 Å². The molecule has 4 heteroatoms. The molecule has 0 heterocycles. The van der Waals surface area contributed by atoms with Gasteiger partial charge >= 0.3 is 0 Å². The van der Waals surface area contributed by atoms with E-state index in [1.54, 1.807) is 4.90 Å². The van der Waals surface area contributed by atoms with Crippen molar-refractivity contribution in [2.45, 2.75) is 58.5 Å². The van der Waals surface area contributed by atoms with Crippen LogP contribution >= 0.6 is 0 Å². The lowest BCUT2D eigenvalue weighted by molar-refractivity contribution is -0.140. The van der Waals surface area contributed by atoms with Crippen molar-refractivity contribution in [3.63, 3.8) is 0 Å². The highest BCUT2D eigenvalue weighted by Gasteiger charge is 2.27. The second-order valence-corrected chi connectivity index (χ2v) is 9.38. The standard InChI is InChI=1S/C28H34N2O2/c1-21(27(32)29-28(2,3)4)30(20-19-22-11-6-5-7-12-22)26(31)18-17-24-15-10-14-23-13-8-9-16-25(23)24/h5-16,21H,17-20H2,1-4H3,(H,29,32)/t21-/m0/s1. The fourth-order valence-electron chi connectivity index (χ4n) is 3.94. The Morgan fingerprint density at radius 2 is 1.53 bits per heavy atom. The van der Waals surface area contributed by atoms with Crippen LogP contribution < -0.4 is 5.32 Å². The van der Waals surface area contributed by atoms with Gasteiger partial charge in [0, 0.05) is 18.5 Å². The van der Waals surface area contributed by atoms with E-state index in [0.717, 1.165) is 11.1 Å². The van der Waals surface area contributed by atoms with Crippen LogP contribution in [-0.2, 0) is 22.4 Å². The zero-order valence-electron chi connectivity index (χ0n) is 19.6. The second kappa shape index (κ2) is 10.4. The van der Waals surface area contributed by atoms with Gasteiger partial charge in [-0.15, -0.1) is 0 Å². The van der Waals surface area contributed by atoms with Crippen molar-refractivity contribution in [3.05, 3.63) is 83.9 Å². The number of carbonyl (C=O) groups excluding carboxylic acids is 2. The van der Waals surface area contributed by atoms with Crippen LogP contribution in [0.15, 0.2) is 72.8 Å². The summed E-state index contributed by atoms with van der Waals surface area (Å²) in [5.74, 6) is -0.116. The normalized spacial score (nSPS) is 12.4. The number of hydrogen-bond acceptors (Lipinski definition) is 2. The Hall–Kier alpha value is -3.14. The van der Waals surface area contributed by atoms with Crippen molar-refractivity contribution in [3.8, 4) is 0 Å². The molecule has 3 rings (SSSR count). The van der Waals surface area contributed by atoms with Crippen LogP contribution in [0.1, 0.15) is 45.2 Å². The molecule has 0 aliphatic carbocycles. The fourth-order valence-corrected chi connectivity index (χ4v) is 3.94. The van der Waals surface area contributed by atoms with Gasteiger partial charge in [0.05, 0.1) is 0 Å². The number of nitrogens with one attached hydrogen (secondary N) is 1. The molecule has 3 aromatic rings. The SMILES string of the molecule is C[C@@H](C(=O)NC(C)(C)C)N(CCc1ccccc1)C(=O)CCc1cccc2ccccc12. The third-order valence-electron chi connectivity index (χ3n) is 5.64. The van der Waals surface area contributed by atoms with Gasteiger partial charge in [-0.1, -0.05) is 72.8 Å². The minimum Gasteiger partial charge on any atom is -0.350 e. The van der Waals surface area contributed by atoms with Crippen molar-refractivity contribution in [1.82, 2.24) is 10.2 Å². The molecule has 0 unspecified atom stereocenters. The van der Waals surface area contributed by atoms with Crippen molar-refractivity contribution >= 4 is 22.6 Å². The van der Waals surface area contributed by atoms with Gasteiger partial charge in [-0.25, -0.2) is 0 Å². The van der Waals surface area contributed by atoms with Gasteiger partial charge in [0.25, 0.3) is 0 Å². The molecule has 0 saturated heterocycles. The van der Waals surface area contributed by atoms with Gasteiger partial charge in [0.1, 0.15) is 6.04 Å². The number of aryl methyl sites for hydroxylation is 1. The van der Waals surface area contributed by atoms with Crippen LogP contribution in [0.4, 0.5) is 0 Å². The monoisotopic (exact) mass is 430 g/mol. The van der Waals surface area contributed by atoms with Crippen LogP contribution in [-0.4, -0.2) is 34.8 Å². The number of rotatable bonds is 8. The van der Waals surface area contributed by atoms with Gasteiger partial charge in [0.2, 0.25) is 11.8 Å². The minimum absolute atomic E-state index is 0.00502. The van der Waals surface area contributed by atoms with Crippen LogP contribution in [0.5, 0.6) is 0 Å². The summed E-state index contributed by atoms with van der Waals surface area (Å²) in [6, 6.07) is 24.0. The van der Waals surface area contributed by atoms with E-state index in [9.17, 15) is 9.59 Å². The Morgan fingerprint density at radius 1 is 0.875 bits per heavy atom. The summed E-state index contributed by atoms with van der Waals surface area (Å²) < 4.78 is 0. The first-order chi connectivity index (χ1) is 15.2. The van der Waals surface area contributed by atoms with Crippen molar-refractivity contribution in [2.24, 2.45) is 0 Å². The molecule has 0 fully saturated rings. The molecule has 0 bridgehead atoms. The molecule has 0 saturated carbocycles. The largest absolute Gasteiger partial charge is 0.350 e. The van der Waals surface area contributed by atoms with E-state index in [1.165, 1.54) is 10.8 Å². The Bertz CT molecular complexity index is 1050. The maximum absolute atomic E-state index is 13.3. The average Bonchev–Trinajstić information content (AvgIpc) is 2.77. The van der Waals surface area contributed by atoms with Gasteiger partial charge in [-0.05, 0) is 62.4 Å². The third-order valence-corrected chi connectivity index (χ3v) is 5.64. The Morgan fingerprint density at radius 3 is 2.25 bits per heavy atom. The van der Waals surface area contributed by atoms with Crippen LogP contribution in [0, 0.1) is 0 Å². The summed E-state index contributed by atoms with van der Waals surface area (Å²) in [4.78, 5) is 27.9. The molecule has 0 aliphatic heterocycles. The number of nitrogens with zero attached hydrogens (tertiary/aromatic N) is 1. The molecule has 3 aromatic carbocycles. The molecule has 0 aliphatic rings. The van der Waals surface area contributed by atoms with Crippen molar-refractivity contribution in [2.75, 3.05) is 6.54 Å². The Balaban J connectivity index is 1.74. The molecular formula is C28H34N2O2. The summed E-state index contributed by atoms with van der Waals surface area (Å²) in [5, 5.41) is 5.37. The van der Waals surface area contributed by atoms with Crippen LogP contribution in [0.3, 0.4) is 0 Å². The molecular weight excluding hydrogens is 396 g/mol. The molecule has 4 nitrogen and oxygen atoms in total. The highest BCUT2D eigenvalue weighted by molar-refractivity contribution is 5.89. The van der Waals surface area contributed by atoms with E-state index < -0.39 is 6.04 Å². The number of hydrogen-bond donors (Lipinski definition) is 1. The van der Waals surface area contributed by atoms with Crippen LogP contribution in [0.2, 0.25) is 0 Å². The van der Waals surface area contributed by atoms with E-state index in [0.29, 0.717) is 25.8 Å². The number of amides is 2. The highest BCUT2D eigenvalue weighted by Crippen LogP contribution is 2.20. The lowest BCUT2D eigenvalue weighted by Crippen LogP contribution is -2.53. The van der Waals surface area contributed by atoms with Crippen LogP contribution in [0.25, 0.3) is 10.8 Å². The molecule has 168 valence electrons. The van der Waals surface area contributed by atoms with Gasteiger partial charge in [-0.2, -0.15) is 0 Å². The minimum atomic E-state index is -0.530. The lowest BCUT2D eigenvalue weighted by atomic mass is 10.0. The first kappa shape index (κ1) is 23.5. The summed E-state index contributed by atoms with van der Waals surface area (Å²) in [7, 11) is 0. The molecule has 0 aromatic heterocycles. The summed E-state index contributed by atoms with van der Waals surface area (Å²) in [5.41, 5.74) is 1.97. The molecule has 2 amide bonds. The van der Waals surface area contributed by atoms with E-state index in [4.69, 9.17) is 0 Å². The zero-order chi connectivity index (χ0) is 23.1. The van der Waals surface area contributed by atoms with E-state index >= 15 is 0 Å². The summed E-state index contributed by atoms with van der Waals surface area (Å²) >= 11 is 0. The molecule has 32 heavy (non-hydrogen) atoms. The van der Waals surface area contributed by atoms with Crippen molar-refractivity contribution in [1.29, 1.82) is 0 Å². The number of benzene rings is 3. The summed E-state index contributed by atoms with van der Waals surface area (Å²) in [6.45, 7) is 8.19. The first-order valence-electron chi connectivity index (χ1n) is 11.4. The van der Waals surface area contributed by atoms with E-state index in [-0.39, 0.29) is 17.4 Å². The topological polar surface area (TPSA) is 49.4 Å². The zero-order valence-corrected chi connectivity index (χ0v) is 19.6. The van der Waals surface area contributed by atoms with Gasteiger partial charge < -0.3 is 10.2 Å². The number of fused-ring (bicyclic) bond motifs is 1. The number of carbonyl (C=O) groups is 2. The Labute approximate surface area is 191 Å². The molecule has 1 atom stereocenters. The smallest absolute Gasteiger partial charge is 0.242 e. The third kappa shape index (κ3) is 6.43. The van der Waals surface area contributed by atoms with E-state index in [1.807, 2.05) is 64.1 Å². The van der Waals surface area contributed by atoms with E-state index in [2.05, 4.69) is 41.7 Å². The fraction of sp³-hybridized carbons (Fsp3) is 0.357. The average molecular weight is 431 g/mol. The highest BCUT2D eigenvalue weighted by atomic mass is 16.2. The predicted molar refractivity (Wildman–Crippen MR) is 131 cm³/mol. The quantitative estimate of drug-likeness (QED) is 0.537. The summed E-state index contributed by atoms with van der Waals surface area (Å²) in [6.07, 6.45) is 1.74. The molecule has 0 radical (unpaired) electrons. The second-order valence-electron chi connectivity index (χ2n) is 9.38. The van der Waals surface area contributed by atoms with Gasteiger partial charge in [-0.3, -0.25) is 9.59 Å². The molecule has 0 spiro atoms. The molecule has 1 N–H and O–H groups in total. The maximum Gasteiger partial charge on any atom is 0.242 e. The Kier molecular flexibility index (Phi) is 7.68. The maximum atomic E-state index is 13.3. The predicted octanol–water partition coefficient (Wildman–Crippen LogP) is 5.15. The lowest BCUT2D eigenvalue weighted by Gasteiger charge is -2.31. The first-order valence-corrected chi connectivity index (χ1v) is 11.4.